The van der Waals surface area contributed by atoms with Gasteiger partial charge >= 0.3 is 0 Å². The molecule has 0 radical (unpaired) electrons. The lowest BCUT2D eigenvalue weighted by molar-refractivity contribution is -0.0546. The lowest BCUT2D eigenvalue weighted by atomic mass is 9.89. The van der Waals surface area contributed by atoms with Gasteiger partial charge in [-0.3, -0.25) is 9.88 Å². The van der Waals surface area contributed by atoms with E-state index in [2.05, 4.69) is 35.0 Å². The van der Waals surface area contributed by atoms with Gasteiger partial charge in [-0.25, -0.2) is 0 Å². The highest BCUT2D eigenvalue weighted by Gasteiger charge is 2.43. The highest BCUT2D eigenvalue weighted by molar-refractivity contribution is 7.11. The maximum atomic E-state index is 6.28. The minimum atomic E-state index is -0.00976. The van der Waals surface area contributed by atoms with E-state index in [1.165, 1.54) is 22.7 Å². The maximum Gasteiger partial charge on any atom is 0.0841 e. The minimum absolute atomic E-state index is 0.00976. The average Bonchev–Trinajstić information content (AvgIpc) is 3.20. The summed E-state index contributed by atoms with van der Waals surface area (Å²) >= 11 is 1.91. The monoisotopic (exact) mass is 358 g/mol. The number of rotatable bonds is 5. The van der Waals surface area contributed by atoms with E-state index in [0.29, 0.717) is 13.2 Å². The second-order valence-corrected chi connectivity index (χ2v) is 8.69. The molecule has 4 heterocycles. The van der Waals surface area contributed by atoms with Crippen LogP contribution in [0.2, 0.25) is 0 Å². The average molecular weight is 359 g/mol. The molecule has 2 aromatic heterocycles. The molecule has 0 amide bonds. The Bertz CT molecular complexity index is 690. The first-order valence-electron chi connectivity index (χ1n) is 9.13. The van der Waals surface area contributed by atoms with Crippen LogP contribution in [0.15, 0.2) is 36.7 Å². The van der Waals surface area contributed by atoms with Crippen LogP contribution in [0, 0.1) is 6.92 Å². The second kappa shape index (κ2) is 7.54. The van der Waals surface area contributed by atoms with Crippen molar-refractivity contribution in [3.8, 4) is 0 Å². The van der Waals surface area contributed by atoms with Crippen molar-refractivity contribution in [2.75, 3.05) is 19.7 Å². The highest BCUT2D eigenvalue weighted by atomic mass is 32.1. The summed E-state index contributed by atoms with van der Waals surface area (Å²) < 4.78 is 12.4. The molecule has 0 aliphatic carbocycles. The van der Waals surface area contributed by atoms with E-state index in [4.69, 9.17) is 9.47 Å². The Labute approximate surface area is 153 Å². The Kier molecular flexibility index (Phi) is 5.17. The van der Waals surface area contributed by atoms with Gasteiger partial charge in [0, 0.05) is 41.7 Å². The van der Waals surface area contributed by atoms with Crippen LogP contribution in [0.3, 0.4) is 0 Å². The summed E-state index contributed by atoms with van der Waals surface area (Å²) in [5.41, 5.74) is 1.12. The summed E-state index contributed by atoms with van der Waals surface area (Å²) in [6, 6.07) is 8.49. The van der Waals surface area contributed by atoms with Crippen LogP contribution < -0.4 is 0 Å². The first kappa shape index (κ1) is 17.2. The summed E-state index contributed by atoms with van der Waals surface area (Å²) in [5, 5.41) is 0. The van der Waals surface area contributed by atoms with Crippen LogP contribution in [0.4, 0.5) is 0 Å². The standard InChI is InChI=1S/C20H26N2O2S/c1-16-5-6-19(25-16)12-22-9-3-7-20(15-22)10-18(14-24-20)23-13-17-4-2-8-21-11-17/h2,4-6,8,11,18H,3,7,9-10,12-15H2,1H3/t18-,20-/m0/s1. The molecule has 0 saturated carbocycles. The molecule has 5 heteroatoms. The molecular weight excluding hydrogens is 332 g/mol. The minimum Gasteiger partial charge on any atom is -0.371 e. The van der Waals surface area contributed by atoms with Gasteiger partial charge in [-0.2, -0.15) is 0 Å². The molecule has 0 unspecified atom stereocenters. The third kappa shape index (κ3) is 4.29. The first-order chi connectivity index (χ1) is 12.2. The third-order valence-electron chi connectivity index (χ3n) is 5.18. The van der Waals surface area contributed by atoms with Gasteiger partial charge in [0.2, 0.25) is 0 Å². The third-order valence-corrected chi connectivity index (χ3v) is 6.16. The fourth-order valence-corrected chi connectivity index (χ4v) is 4.94. The largest absolute Gasteiger partial charge is 0.371 e. The fraction of sp³-hybridized carbons (Fsp3) is 0.550. The van der Waals surface area contributed by atoms with Crippen molar-refractivity contribution >= 4 is 11.3 Å². The molecule has 1 spiro atoms. The number of nitrogens with zero attached hydrogens (tertiary/aromatic N) is 2. The van der Waals surface area contributed by atoms with Crippen LogP contribution >= 0.6 is 11.3 Å². The number of pyridine rings is 1. The number of ether oxygens (including phenoxy) is 2. The molecule has 0 bridgehead atoms. The number of hydrogen-bond donors (Lipinski definition) is 0. The smallest absolute Gasteiger partial charge is 0.0841 e. The van der Waals surface area contributed by atoms with Crippen LogP contribution in [0.1, 0.15) is 34.6 Å². The Hall–Kier alpha value is -1.27. The molecule has 25 heavy (non-hydrogen) atoms. The van der Waals surface area contributed by atoms with Gasteiger partial charge in [-0.1, -0.05) is 6.07 Å². The van der Waals surface area contributed by atoms with Crippen molar-refractivity contribution < 1.29 is 9.47 Å². The number of aromatic nitrogens is 1. The number of hydrogen-bond acceptors (Lipinski definition) is 5. The van der Waals surface area contributed by atoms with Gasteiger partial charge in [-0.15, -0.1) is 11.3 Å². The Morgan fingerprint density at radius 2 is 2.36 bits per heavy atom. The second-order valence-electron chi connectivity index (χ2n) is 7.32. The molecule has 2 aliphatic rings. The van der Waals surface area contributed by atoms with Crippen molar-refractivity contribution in [3.63, 3.8) is 0 Å². The van der Waals surface area contributed by atoms with Gasteiger partial charge in [-0.05, 0) is 50.1 Å². The van der Waals surface area contributed by atoms with E-state index < -0.39 is 0 Å². The summed E-state index contributed by atoms with van der Waals surface area (Å²) in [4.78, 5) is 9.55. The van der Waals surface area contributed by atoms with E-state index in [1.54, 1.807) is 6.20 Å². The number of thiophene rings is 1. The molecule has 4 rings (SSSR count). The zero-order valence-corrected chi connectivity index (χ0v) is 15.6. The Balaban J connectivity index is 1.31. The van der Waals surface area contributed by atoms with Gasteiger partial charge in [0.15, 0.2) is 0 Å². The van der Waals surface area contributed by atoms with Crippen LogP contribution in [-0.4, -0.2) is 41.3 Å². The lowest BCUT2D eigenvalue weighted by Gasteiger charge is -2.39. The van der Waals surface area contributed by atoms with Crippen molar-refractivity contribution in [3.05, 3.63) is 52.0 Å². The van der Waals surface area contributed by atoms with Gasteiger partial charge < -0.3 is 9.47 Å². The molecule has 0 aromatic carbocycles. The van der Waals surface area contributed by atoms with E-state index in [1.807, 2.05) is 23.6 Å². The van der Waals surface area contributed by atoms with E-state index in [-0.39, 0.29) is 11.7 Å². The SMILES string of the molecule is Cc1ccc(CN2CCC[C@]3(C[C@H](OCc4cccnc4)CO3)C2)s1. The predicted molar refractivity (Wildman–Crippen MR) is 99.7 cm³/mol. The maximum absolute atomic E-state index is 6.28. The molecule has 4 nitrogen and oxygen atoms in total. The lowest BCUT2D eigenvalue weighted by Crippen LogP contribution is -2.47. The van der Waals surface area contributed by atoms with E-state index in [0.717, 1.165) is 31.5 Å². The van der Waals surface area contributed by atoms with Crippen LogP contribution in [0.25, 0.3) is 0 Å². The molecule has 2 fully saturated rings. The Morgan fingerprint density at radius 3 is 3.16 bits per heavy atom. The van der Waals surface area contributed by atoms with Crippen LogP contribution in [0.5, 0.6) is 0 Å². The van der Waals surface area contributed by atoms with Crippen molar-refractivity contribution in [1.82, 2.24) is 9.88 Å². The van der Waals surface area contributed by atoms with Crippen molar-refractivity contribution in [2.45, 2.75) is 51.0 Å². The Morgan fingerprint density at radius 1 is 1.40 bits per heavy atom. The van der Waals surface area contributed by atoms with E-state index in [9.17, 15) is 0 Å². The van der Waals surface area contributed by atoms with E-state index >= 15 is 0 Å². The molecule has 134 valence electrons. The van der Waals surface area contributed by atoms with Gasteiger partial charge in [0.25, 0.3) is 0 Å². The summed E-state index contributed by atoms with van der Waals surface area (Å²) in [7, 11) is 0. The van der Waals surface area contributed by atoms with Crippen molar-refractivity contribution in [2.24, 2.45) is 0 Å². The number of aryl methyl sites for hydroxylation is 1. The molecule has 0 N–H and O–H groups in total. The molecule has 2 saturated heterocycles. The van der Waals surface area contributed by atoms with Gasteiger partial charge in [0.1, 0.15) is 0 Å². The zero-order valence-electron chi connectivity index (χ0n) is 14.8. The zero-order chi connectivity index (χ0) is 17.1. The fourth-order valence-electron chi connectivity index (χ4n) is 4.01. The molecule has 2 aromatic rings. The highest BCUT2D eigenvalue weighted by Crippen LogP contribution is 2.36. The molecule has 2 atom stereocenters. The summed E-state index contributed by atoms with van der Waals surface area (Å²) in [6.07, 6.45) is 7.23. The number of likely N-dealkylation sites (tertiary alicyclic amines) is 1. The summed E-state index contributed by atoms with van der Waals surface area (Å²) in [5.74, 6) is 0. The molecule has 2 aliphatic heterocycles. The summed E-state index contributed by atoms with van der Waals surface area (Å²) in [6.45, 7) is 6.75. The topological polar surface area (TPSA) is 34.6 Å². The predicted octanol–water partition coefficient (Wildman–Crippen LogP) is 3.79. The normalized spacial score (nSPS) is 27.2. The first-order valence-corrected chi connectivity index (χ1v) is 9.95. The quantitative estimate of drug-likeness (QED) is 0.814. The number of piperidine rings is 1. The van der Waals surface area contributed by atoms with Crippen LogP contribution in [-0.2, 0) is 22.6 Å². The van der Waals surface area contributed by atoms with Gasteiger partial charge in [0.05, 0.1) is 24.9 Å². The van der Waals surface area contributed by atoms with Crippen molar-refractivity contribution in [1.29, 1.82) is 0 Å². The molecular formula is C20H26N2O2S.